The third kappa shape index (κ3) is 3.31. The van der Waals surface area contributed by atoms with E-state index in [1.807, 2.05) is 0 Å². The predicted molar refractivity (Wildman–Crippen MR) is 99.7 cm³/mol. The first kappa shape index (κ1) is 17.3. The number of thioether (sulfide) groups is 1. The molecule has 27 heavy (non-hydrogen) atoms. The van der Waals surface area contributed by atoms with Crippen LogP contribution < -0.4 is 10.1 Å². The zero-order valence-corrected chi connectivity index (χ0v) is 14.9. The number of halogens is 1. The van der Waals surface area contributed by atoms with Crippen molar-refractivity contribution in [2.45, 2.75) is 6.92 Å². The van der Waals surface area contributed by atoms with Gasteiger partial charge in [0.05, 0.1) is 11.5 Å². The third-order valence-electron chi connectivity index (χ3n) is 3.90. The summed E-state index contributed by atoms with van der Waals surface area (Å²) in [5.41, 5.74) is 1.71. The van der Waals surface area contributed by atoms with Gasteiger partial charge in [0.2, 0.25) is 0 Å². The van der Waals surface area contributed by atoms with Crippen molar-refractivity contribution in [1.29, 1.82) is 0 Å². The second-order valence-electron chi connectivity index (χ2n) is 5.68. The van der Waals surface area contributed by atoms with Crippen molar-refractivity contribution in [3.05, 3.63) is 53.1 Å². The first-order valence-corrected chi connectivity index (χ1v) is 8.92. The van der Waals surface area contributed by atoms with Crippen LogP contribution in [-0.2, 0) is 4.79 Å². The number of imide groups is 1. The Labute approximate surface area is 157 Å². The number of carbonyl (C=O) groups excluding carboxylic acids is 2. The largest absolute Gasteiger partial charge is 0.491 e. The Morgan fingerprint density at radius 3 is 2.85 bits per heavy atom. The van der Waals surface area contributed by atoms with Gasteiger partial charge in [-0.1, -0.05) is 6.07 Å². The zero-order chi connectivity index (χ0) is 19.0. The second kappa shape index (κ2) is 6.88. The van der Waals surface area contributed by atoms with Crippen LogP contribution in [0.15, 0.2) is 46.0 Å². The maximum atomic E-state index is 14.2. The number of rotatable bonds is 4. The second-order valence-corrected chi connectivity index (χ2v) is 6.70. The Morgan fingerprint density at radius 2 is 2.15 bits per heavy atom. The lowest BCUT2D eigenvalue weighted by Gasteiger charge is -2.07. The molecule has 0 aliphatic carbocycles. The Kier molecular flexibility index (Phi) is 4.41. The third-order valence-corrected chi connectivity index (χ3v) is 4.71. The molecule has 136 valence electrons. The van der Waals surface area contributed by atoms with Gasteiger partial charge in [-0.15, -0.1) is 0 Å². The minimum atomic E-state index is -0.474. The minimum Gasteiger partial charge on any atom is -0.491 e. The smallest absolute Gasteiger partial charge is 0.290 e. The summed E-state index contributed by atoms with van der Waals surface area (Å²) < 4.78 is 25.3. The van der Waals surface area contributed by atoms with E-state index in [1.54, 1.807) is 37.5 Å². The number of aromatic nitrogens is 1. The first-order valence-electron chi connectivity index (χ1n) is 8.10. The van der Waals surface area contributed by atoms with Crippen LogP contribution >= 0.6 is 11.8 Å². The molecule has 0 spiro atoms. The Hall–Kier alpha value is -3.13. The van der Waals surface area contributed by atoms with Crippen molar-refractivity contribution in [3.8, 4) is 16.9 Å². The number of carbonyl (C=O) groups is 2. The number of benzene rings is 1. The van der Waals surface area contributed by atoms with E-state index in [0.29, 0.717) is 34.5 Å². The highest BCUT2D eigenvalue weighted by molar-refractivity contribution is 8.18. The SMILES string of the molecule is CCOc1ccc(-c2cncc3cc(/C=C4/SC(=O)NC4=O)oc23)cc1F. The number of amides is 2. The fourth-order valence-electron chi connectivity index (χ4n) is 2.75. The van der Waals surface area contributed by atoms with Gasteiger partial charge in [-0.05, 0) is 42.4 Å². The Morgan fingerprint density at radius 1 is 1.30 bits per heavy atom. The van der Waals surface area contributed by atoms with Crippen molar-refractivity contribution >= 4 is 40.0 Å². The molecule has 1 fully saturated rings. The lowest BCUT2D eigenvalue weighted by atomic mass is 10.1. The summed E-state index contributed by atoms with van der Waals surface area (Å²) >= 11 is 0.810. The van der Waals surface area contributed by atoms with Crippen LogP contribution in [0.3, 0.4) is 0 Å². The lowest BCUT2D eigenvalue weighted by Crippen LogP contribution is -2.17. The van der Waals surface area contributed by atoms with Crippen molar-refractivity contribution in [2.24, 2.45) is 0 Å². The maximum absolute atomic E-state index is 14.2. The average Bonchev–Trinajstić information content (AvgIpc) is 3.19. The minimum absolute atomic E-state index is 0.181. The van der Waals surface area contributed by atoms with Crippen LogP contribution in [0.1, 0.15) is 12.7 Å². The predicted octanol–water partition coefficient (Wildman–Crippen LogP) is 4.36. The van der Waals surface area contributed by atoms with Gasteiger partial charge < -0.3 is 9.15 Å². The molecule has 1 saturated heterocycles. The van der Waals surface area contributed by atoms with Crippen molar-refractivity contribution in [1.82, 2.24) is 10.3 Å². The fraction of sp³-hybridized carbons (Fsp3) is 0.105. The van der Waals surface area contributed by atoms with Gasteiger partial charge >= 0.3 is 0 Å². The molecule has 4 rings (SSSR count). The van der Waals surface area contributed by atoms with E-state index < -0.39 is 17.0 Å². The molecular weight excluding hydrogens is 371 g/mol. The van der Waals surface area contributed by atoms with E-state index in [0.717, 1.165) is 11.8 Å². The molecule has 0 unspecified atom stereocenters. The van der Waals surface area contributed by atoms with Crippen molar-refractivity contribution in [2.75, 3.05) is 6.61 Å². The van der Waals surface area contributed by atoms with E-state index in [9.17, 15) is 14.0 Å². The zero-order valence-electron chi connectivity index (χ0n) is 14.1. The van der Waals surface area contributed by atoms with Crippen molar-refractivity contribution in [3.63, 3.8) is 0 Å². The molecule has 1 aliphatic rings. The van der Waals surface area contributed by atoms with Gasteiger partial charge in [0.15, 0.2) is 11.6 Å². The molecule has 2 amide bonds. The highest BCUT2D eigenvalue weighted by atomic mass is 32.2. The molecule has 8 heteroatoms. The number of fused-ring (bicyclic) bond motifs is 1. The van der Waals surface area contributed by atoms with Crippen LogP contribution in [-0.4, -0.2) is 22.7 Å². The maximum Gasteiger partial charge on any atom is 0.290 e. The van der Waals surface area contributed by atoms with E-state index >= 15 is 0 Å². The molecular formula is C19H13FN2O4S. The monoisotopic (exact) mass is 384 g/mol. The number of hydrogen-bond donors (Lipinski definition) is 1. The summed E-state index contributed by atoms with van der Waals surface area (Å²) in [5.74, 6) is -0.353. The number of nitrogens with zero attached hydrogens (tertiary/aromatic N) is 1. The Balaban J connectivity index is 1.76. The first-order chi connectivity index (χ1) is 13.0. The number of hydrogen-bond acceptors (Lipinski definition) is 6. The molecule has 0 bridgehead atoms. The van der Waals surface area contributed by atoms with Gasteiger partial charge in [-0.25, -0.2) is 4.39 Å². The van der Waals surface area contributed by atoms with Crippen LogP contribution in [0.4, 0.5) is 9.18 Å². The highest BCUT2D eigenvalue weighted by Crippen LogP contribution is 2.34. The van der Waals surface area contributed by atoms with Gasteiger partial charge in [-0.2, -0.15) is 0 Å². The van der Waals surface area contributed by atoms with Gasteiger partial charge in [0.1, 0.15) is 11.3 Å². The summed E-state index contributed by atoms with van der Waals surface area (Å²) in [6, 6.07) is 6.36. The molecule has 0 saturated carbocycles. The van der Waals surface area contributed by atoms with Crippen LogP contribution in [0, 0.1) is 5.82 Å². The molecule has 0 atom stereocenters. The van der Waals surface area contributed by atoms with Crippen LogP contribution in [0.5, 0.6) is 5.75 Å². The number of ether oxygens (including phenoxy) is 1. The normalized spacial score (nSPS) is 15.6. The van der Waals surface area contributed by atoms with E-state index in [4.69, 9.17) is 9.15 Å². The summed E-state index contributed by atoms with van der Waals surface area (Å²) in [6.45, 7) is 2.16. The van der Waals surface area contributed by atoms with Gasteiger partial charge in [0, 0.05) is 29.4 Å². The summed E-state index contributed by atoms with van der Waals surface area (Å²) in [4.78, 5) is 27.4. The number of nitrogens with one attached hydrogen (secondary N) is 1. The topological polar surface area (TPSA) is 81.4 Å². The number of pyridine rings is 1. The van der Waals surface area contributed by atoms with Gasteiger partial charge in [0.25, 0.3) is 11.1 Å². The van der Waals surface area contributed by atoms with E-state index in [-0.39, 0.29) is 10.7 Å². The molecule has 1 aliphatic heterocycles. The Bertz CT molecular complexity index is 1110. The van der Waals surface area contributed by atoms with Crippen LogP contribution in [0.2, 0.25) is 0 Å². The van der Waals surface area contributed by atoms with E-state index in [1.165, 1.54) is 12.1 Å². The van der Waals surface area contributed by atoms with Crippen LogP contribution in [0.25, 0.3) is 28.2 Å². The summed E-state index contributed by atoms with van der Waals surface area (Å²) in [5, 5.41) is 2.47. The molecule has 1 N–H and O–H groups in total. The summed E-state index contributed by atoms with van der Waals surface area (Å²) in [7, 11) is 0. The molecule has 0 radical (unpaired) electrons. The van der Waals surface area contributed by atoms with Gasteiger partial charge in [-0.3, -0.25) is 19.9 Å². The molecule has 6 nitrogen and oxygen atoms in total. The highest BCUT2D eigenvalue weighted by Gasteiger charge is 2.25. The fourth-order valence-corrected chi connectivity index (χ4v) is 3.41. The molecule has 3 heterocycles. The molecule has 3 aromatic rings. The van der Waals surface area contributed by atoms with E-state index in [2.05, 4.69) is 10.3 Å². The number of furan rings is 1. The average molecular weight is 384 g/mol. The molecule has 1 aromatic carbocycles. The summed E-state index contributed by atoms with van der Waals surface area (Å²) in [6.07, 6.45) is 4.69. The quantitative estimate of drug-likeness (QED) is 0.673. The molecule has 2 aromatic heterocycles. The standard InChI is InChI=1S/C19H13FN2O4S/c1-2-25-15-4-3-10(6-14(15)20)13-9-21-8-11-5-12(26-17(11)13)7-16-18(23)22-19(24)27-16/h3-9H,2H2,1H3,(H,22,23,24)/b16-7+. The van der Waals surface area contributed by atoms with Crippen molar-refractivity contribution < 1.29 is 23.1 Å². The lowest BCUT2D eigenvalue weighted by molar-refractivity contribution is -0.115.